The lowest BCUT2D eigenvalue weighted by molar-refractivity contribution is -0.165. The van der Waals surface area contributed by atoms with Gasteiger partial charge in [-0.15, -0.1) is 18.3 Å². The molecular formula is C31H28N2O5S. The Morgan fingerprint density at radius 1 is 0.949 bits per heavy atom. The summed E-state index contributed by atoms with van der Waals surface area (Å²) < 4.78 is 11.6. The zero-order valence-corrected chi connectivity index (χ0v) is 22.0. The molecule has 2 aliphatic heterocycles. The van der Waals surface area contributed by atoms with Crippen LogP contribution in [0.2, 0.25) is 0 Å². The summed E-state index contributed by atoms with van der Waals surface area (Å²) in [5, 5.41) is 4.20. The molecule has 1 N–H and O–H groups in total. The molecule has 0 saturated carbocycles. The van der Waals surface area contributed by atoms with E-state index in [2.05, 4.69) is 11.9 Å². The first-order chi connectivity index (χ1) is 19.1. The summed E-state index contributed by atoms with van der Waals surface area (Å²) in [7, 11) is 0. The van der Waals surface area contributed by atoms with E-state index in [-0.39, 0.29) is 12.5 Å². The third-order valence-corrected chi connectivity index (χ3v) is 7.76. The molecule has 3 atom stereocenters. The van der Waals surface area contributed by atoms with E-state index >= 15 is 0 Å². The molecule has 2 unspecified atom stereocenters. The predicted molar refractivity (Wildman–Crippen MR) is 150 cm³/mol. The number of nitrogens with one attached hydrogen (secondary N) is 1. The number of nitrogens with zero attached hydrogens (tertiary/aromatic N) is 1. The Bertz CT molecular complexity index is 1320. The average molecular weight is 541 g/mol. The van der Waals surface area contributed by atoms with Crippen molar-refractivity contribution < 1.29 is 23.9 Å². The van der Waals surface area contributed by atoms with Crippen LogP contribution in [-0.4, -0.2) is 46.7 Å². The Labute approximate surface area is 231 Å². The van der Waals surface area contributed by atoms with Crippen LogP contribution >= 0.6 is 11.8 Å². The standard InChI is InChI=1S/C31H28N2O5S/c1-2-12-23-20-39-30-26(32-25(34)19-37-24-17-10-5-11-18-24)29(35)33(30)27(23)31(36)38-28(21-13-6-3-7-14-21)22-15-8-4-9-16-22/h2-11,13-18,20,26-28,30H,1,12,19H2,(H,32,34)/t26?,27?,30-/m1/s1. The fourth-order valence-corrected chi connectivity index (χ4v) is 5.91. The number of hydrogen-bond acceptors (Lipinski definition) is 6. The lowest BCUT2D eigenvalue weighted by Crippen LogP contribution is -2.74. The van der Waals surface area contributed by atoms with Gasteiger partial charge in [-0.1, -0.05) is 84.9 Å². The fourth-order valence-electron chi connectivity index (χ4n) is 4.67. The number of esters is 1. The fraction of sp³-hybridized carbons (Fsp3) is 0.194. The van der Waals surface area contributed by atoms with E-state index in [1.54, 1.807) is 18.2 Å². The van der Waals surface area contributed by atoms with Crippen molar-refractivity contribution in [3.63, 3.8) is 0 Å². The van der Waals surface area contributed by atoms with Crippen molar-refractivity contribution >= 4 is 29.5 Å². The SMILES string of the molecule is C=CCC1=CS[C@@H]2C(NC(=O)COc3ccccc3)C(=O)N2C1C(=O)OC(c1ccccc1)c1ccccc1. The highest BCUT2D eigenvalue weighted by atomic mass is 32.2. The molecule has 1 saturated heterocycles. The number of thioether (sulfide) groups is 1. The van der Waals surface area contributed by atoms with Crippen LogP contribution in [0.25, 0.3) is 0 Å². The Kier molecular flexibility index (Phi) is 8.13. The largest absolute Gasteiger partial charge is 0.484 e. The highest BCUT2D eigenvalue weighted by molar-refractivity contribution is 8.02. The maximum absolute atomic E-state index is 13.8. The van der Waals surface area contributed by atoms with Gasteiger partial charge in [-0.2, -0.15) is 0 Å². The zero-order chi connectivity index (χ0) is 27.2. The summed E-state index contributed by atoms with van der Waals surface area (Å²) in [4.78, 5) is 41.1. The number of para-hydroxylation sites is 1. The zero-order valence-electron chi connectivity index (χ0n) is 21.1. The smallest absolute Gasteiger partial charge is 0.334 e. The third-order valence-electron chi connectivity index (χ3n) is 6.54. The van der Waals surface area contributed by atoms with Crippen LogP contribution in [0.5, 0.6) is 5.75 Å². The number of ether oxygens (including phenoxy) is 2. The topological polar surface area (TPSA) is 84.9 Å². The van der Waals surface area contributed by atoms with Crippen molar-refractivity contribution in [1.82, 2.24) is 10.2 Å². The van der Waals surface area contributed by atoms with Crippen molar-refractivity contribution in [3.05, 3.63) is 126 Å². The molecule has 3 aromatic carbocycles. The van der Waals surface area contributed by atoms with E-state index in [0.717, 1.165) is 16.7 Å². The Morgan fingerprint density at radius 3 is 2.13 bits per heavy atom. The van der Waals surface area contributed by atoms with Crippen LogP contribution in [-0.2, 0) is 19.1 Å². The van der Waals surface area contributed by atoms with Gasteiger partial charge in [0.25, 0.3) is 5.91 Å². The molecule has 2 aliphatic rings. The second kappa shape index (κ2) is 12.0. The van der Waals surface area contributed by atoms with E-state index in [1.165, 1.54) is 16.7 Å². The van der Waals surface area contributed by atoms with E-state index in [4.69, 9.17) is 9.47 Å². The molecule has 2 heterocycles. The minimum absolute atomic E-state index is 0.218. The molecule has 1 fully saturated rings. The van der Waals surface area contributed by atoms with Gasteiger partial charge in [0.1, 0.15) is 17.2 Å². The Balaban J connectivity index is 1.32. The number of fused-ring (bicyclic) bond motifs is 1. The summed E-state index contributed by atoms with van der Waals surface area (Å²) in [5.74, 6) is -0.720. The Morgan fingerprint density at radius 2 is 1.54 bits per heavy atom. The third kappa shape index (κ3) is 5.76. The molecule has 8 heteroatoms. The summed E-state index contributed by atoms with van der Waals surface area (Å²) in [6.45, 7) is 3.59. The number of carbonyl (C=O) groups excluding carboxylic acids is 3. The summed E-state index contributed by atoms with van der Waals surface area (Å²) >= 11 is 1.39. The maximum atomic E-state index is 13.8. The molecule has 0 aromatic heterocycles. The minimum Gasteiger partial charge on any atom is -0.484 e. The minimum atomic E-state index is -0.912. The number of β-lactam (4-membered cyclic amide) rings is 1. The van der Waals surface area contributed by atoms with Crippen LogP contribution in [0.15, 0.2) is 115 Å². The first-order valence-electron chi connectivity index (χ1n) is 12.6. The van der Waals surface area contributed by atoms with Gasteiger partial charge in [0.05, 0.1) is 0 Å². The molecule has 7 nitrogen and oxygen atoms in total. The molecule has 5 rings (SSSR count). The molecule has 198 valence electrons. The van der Waals surface area contributed by atoms with Crippen LogP contribution in [0.3, 0.4) is 0 Å². The van der Waals surface area contributed by atoms with E-state index in [1.807, 2.05) is 84.3 Å². The predicted octanol–water partition coefficient (Wildman–Crippen LogP) is 4.63. The highest BCUT2D eigenvalue weighted by Crippen LogP contribution is 2.42. The monoisotopic (exact) mass is 540 g/mol. The van der Waals surface area contributed by atoms with Gasteiger partial charge in [0.2, 0.25) is 5.91 Å². The first kappa shape index (κ1) is 26.3. The molecule has 0 bridgehead atoms. The van der Waals surface area contributed by atoms with Crippen LogP contribution in [0.4, 0.5) is 0 Å². The molecule has 3 aromatic rings. The first-order valence-corrected chi connectivity index (χ1v) is 13.6. The van der Waals surface area contributed by atoms with Gasteiger partial charge < -0.3 is 19.7 Å². The number of carbonyl (C=O) groups is 3. The van der Waals surface area contributed by atoms with Crippen molar-refractivity contribution in [2.45, 2.75) is 30.0 Å². The average Bonchev–Trinajstić information content (AvgIpc) is 2.98. The lowest BCUT2D eigenvalue weighted by Gasteiger charge is -2.51. The number of hydrogen-bond donors (Lipinski definition) is 1. The van der Waals surface area contributed by atoms with Crippen molar-refractivity contribution in [3.8, 4) is 5.75 Å². The van der Waals surface area contributed by atoms with Gasteiger partial charge >= 0.3 is 5.97 Å². The van der Waals surface area contributed by atoms with Gasteiger partial charge in [-0.25, -0.2) is 4.79 Å². The van der Waals surface area contributed by atoms with Crippen molar-refractivity contribution in [1.29, 1.82) is 0 Å². The summed E-state index contributed by atoms with van der Waals surface area (Å²) in [5.41, 5.74) is 2.37. The second-order valence-electron chi connectivity index (χ2n) is 9.15. The van der Waals surface area contributed by atoms with Crippen LogP contribution in [0.1, 0.15) is 23.7 Å². The second-order valence-corrected chi connectivity index (χ2v) is 10.1. The van der Waals surface area contributed by atoms with Gasteiger partial charge in [-0.3, -0.25) is 9.59 Å². The van der Waals surface area contributed by atoms with Gasteiger partial charge in [-0.05, 0) is 40.7 Å². The normalized spacial score (nSPS) is 19.8. The maximum Gasteiger partial charge on any atom is 0.334 e. The molecule has 0 aliphatic carbocycles. The van der Waals surface area contributed by atoms with E-state index in [9.17, 15) is 14.4 Å². The molecular weight excluding hydrogens is 512 g/mol. The number of allylic oxidation sites excluding steroid dienone is 1. The molecule has 0 radical (unpaired) electrons. The van der Waals surface area contributed by atoms with E-state index in [0.29, 0.717) is 12.2 Å². The van der Waals surface area contributed by atoms with Crippen LogP contribution < -0.4 is 10.1 Å². The molecule has 0 spiro atoms. The summed E-state index contributed by atoms with van der Waals surface area (Å²) in [6, 6.07) is 26.3. The van der Waals surface area contributed by atoms with Gasteiger partial charge in [0, 0.05) is 0 Å². The summed E-state index contributed by atoms with van der Waals surface area (Å²) in [6.07, 6.45) is 1.48. The van der Waals surface area contributed by atoms with E-state index < -0.39 is 35.4 Å². The Hall–Kier alpha value is -4.30. The van der Waals surface area contributed by atoms with Crippen molar-refractivity contribution in [2.24, 2.45) is 0 Å². The molecule has 39 heavy (non-hydrogen) atoms. The van der Waals surface area contributed by atoms with Crippen molar-refractivity contribution in [2.75, 3.05) is 6.61 Å². The molecule has 2 amide bonds. The quantitative estimate of drug-likeness (QED) is 0.229. The number of rotatable bonds is 10. The number of benzene rings is 3. The van der Waals surface area contributed by atoms with Gasteiger partial charge in [0.15, 0.2) is 18.8 Å². The van der Waals surface area contributed by atoms with Crippen LogP contribution in [0, 0.1) is 0 Å². The lowest BCUT2D eigenvalue weighted by atomic mass is 9.95. The number of amides is 2. The highest BCUT2D eigenvalue weighted by Gasteiger charge is 2.56.